The van der Waals surface area contributed by atoms with E-state index in [2.05, 4.69) is 0 Å². The predicted octanol–water partition coefficient (Wildman–Crippen LogP) is 0.762. The number of amides is 1. The summed E-state index contributed by atoms with van der Waals surface area (Å²) in [7, 11) is -1.84. The molecule has 0 spiro atoms. The first-order chi connectivity index (χ1) is 10.6. The average molecular weight is 343 g/mol. The summed E-state index contributed by atoms with van der Waals surface area (Å²) in [6, 6.07) is 2.09. The summed E-state index contributed by atoms with van der Waals surface area (Å²) in [5.74, 6) is -0.921. The summed E-state index contributed by atoms with van der Waals surface area (Å²) in [6.07, 6.45) is 0.265. The third-order valence-electron chi connectivity index (χ3n) is 3.65. The highest BCUT2D eigenvalue weighted by molar-refractivity contribution is 7.91. The number of hydrogen-bond donors (Lipinski definition) is 0. The average Bonchev–Trinajstić information content (AvgIpc) is 2.85. The maximum absolute atomic E-state index is 12.4. The van der Waals surface area contributed by atoms with Gasteiger partial charge in [0.25, 0.3) is 17.3 Å². The van der Waals surface area contributed by atoms with Crippen LogP contribution in [0.15, 0.2) is 18.2 Å². The van der Waals surface area contributed by atoms with E-state index in [0.717, 1.165) is 23.1 Å². The van der Waals surface area contributed by atoms with Crippen molar-refractivity contribution in [3.8, 4) is 0 Å². The molecule has 2 rings (SSSR count). The molecule has 0 radical (unpaired) electrons. The Kier molecular flexibility index (Phi) is 4.32. The highest BCUT2D eigenvalue weighted by atomic mass is 32.2. The first-order valence-electron chi connectivity index (χ1n) is 6.52. The molecule has 0 N–H and O–H groups in total. The van der Waals surface area contributed by atoms with E-state index in [-0.39, 0.29) is 23.5 Å². The Bertz CT molecular complexity index is 758. The number of hydrogen-bond acceptors (Lipinski definition) is 7. The van der Waals surface area contributed by atoms with E-state index >= 15 is 0 Å². The van der Waals surface area contributed by atoms with E-state index < -0.39 is 43.0 Å². The van der Waals surface area contributed by atoms with E-state index in [1.807, 2.05) is 0 Å². The highest BCUT2D eigenvalue weighted by Gasteiger charge is 2.33. The highest BCUT2D eigenvalue weighted by Crippen LogP contribution is 2.25. The molecule has 1 fully saturated rings. The van der Waals surface area contributed by atoms with E-state index in [1.54, 1.807) is 0 Å². The van der Waals surface area contributed by atoms with Crippen molar-refractivity contribution < 1.29 is 23.1 Å². The number of carbonyl (C=O) groups excluding carboxylic acids is 1. The van der Waals surface area contributed by atoms with Gasteiger partial charge in [-0.3, -0.25) is 25.0 Å². The quantitative estimate of drug-likeness (QED) is 0.580. The molecule has 1 atom stereocenters. The first-order valence-corrected chi connectivity index (χ1v) is 8.34. The summed E-state index contributed by atoms with van der Waals surface area (Å²) in [6.45, 7) is 0. The molecule has 0 aliphatic carbocycles. The second-order valence-corrected chi connectivity index (χ2v) is 7.45. The van der Waals surface area contributed by atoms with Crippen LogP contribution in [0.4, 0.5) is 11.4 Å². The van der Waals surface area contributed by atoms with Crippen molar-refractivity contribution in [2.75, 3.05) is 18.6 Å². The molecule has 11 heteroatoms. The number of nitro groups is 2. The van der Waals surface area contributed by atoms with Crippen LogP contribution in [0, 0.1) is 20.2 Å². The van der Waals surface area contributed by atoms with Crippen molar-refractivity contribution in [1.82, 2.24) is 4.90 Å². The number of rotatable bonds is 4. The monoisotopic (exact) mass is 343 g/mol. The van der Waals surface area contributed by atoms with Gasteiger partial charge in [-0.2, -0.15) is 0 Å². The minimum absolute atomic E-state index is 0.0373. The van der Waals surface area contributed by atoms with E-state index in [9.17, 15) is 33.4 Å². The lowest BCUT2D eigenvalue weighted by Crippen LogP contribution is -2.37. The first kappa shape index (κ1) is 16.8. The van der Waals surface area contributed by atoms with Crippen LogP contribution in [0.2, 0.25) is 0 Å². The molecule has 1 aromatic rings. The number of sulfone groups is 1. The summed E-state index contributed by atoms with van der Waals surface area (Å²) in [5.41, 5.74) is -1.37. The van der Waals surface area contributed by atoms with Crippen LogP contribution in [0.5, 0.6) is 0 Å². The fourth-order valence-electron chi connectivity index (χ4n) is 2.38. The minimum Gasteiger partial charge on any atom is -0.338 e. The van der Waals surface area contributed by atoms with Crippen molar-refractivity contribution in [3.63, 3.8) is 0 Å². The van der Waals surface area contributed by atoms with Gasteiger partial charge >= 0.3 is 0 Å². The zero-order chi connectivity index (χ0) is 17.4. The summed E-state index contributed by atoms with van der Waals surface area (Å²) >= 11 is 0. The third-order valence-corrected chi connectivity index (χ3v) is 5.40. The molecule has 124 valence electrons. The molecule has 1 saturated heterocycles. The van der Waals surface area contributed by atoms with Gasteiger partial charge in [-0.15, -0.1) is 0 Å². The molecule has 1 aliphatic heterocycles. The standard InChI is InChI=1S/C12H13N3O7S/c1-13(9-2-3-23(21,22)7-9)12(16)8-4-10(14(17)18)6-11(5-8)15(19)20/h4-6,9H,2-3,7H2,1H3. The lowest BCUT2D eigenvalue weighted by Gasteiger charge is -2.23. The molecule has 0 bridgehead atoms. The molecule has 1 aromatic carbocycles. The topological polar surface area (TPSA) is 141 Å². The van der Waals surface area contributed by atoms with Gasteiger partial charge in [0.05, 0.1) is 33.0 Å². The van der Waals surface area contributed by atoms with E-state index in [1.165, 1.54) is 7.05 Å². The minimum atomic E-state index is -3.21. The van der Waals surface area contributed by atoms with E-state index in [0.29, 0.717) is 0 Å². The fourth-order valence-corrected chi connectivity index (χ4v) is 4.15. The Morgan fingerprint density at radius 2 is 1.70 bits per heavy atom. The second-order valence-electron chi connectivity index (χ2n) is 5.23. The van der Waals surface area contributed by atoms with Crippen LogP contribution in [0.1, 0.15) is 16.8 Å². The van der Waals surface area contributed by atoms with Gasteiger partial charge in [-0.1, -0.05) is 0 Å². The van der Waals surface area contributed by atoms with Crippen molar-refractivity contribution in [1.29, 1.82) is 0 Å². The molecule has 0 aromatic heterocycles. The molecule has 1 unspecified atom stereocenters. The molecule has 0 saturated carbocycles. The number of nitro benzene ring substituents is 2. The number of carbonyl (C=O) groups is 1. The number of benzene rings is 1. The lowest BCUT2D eigenvalue weighted by atomic mass is 10.1. The molecular formula is C12H13N3O7S. The Balaban J connectivity index is 2.35. The molecule has 1 heterocycles. The van der Waals surface area contributed by atoms with Gasteiger partial charge < -0.3 is 4.90 Å². The van der Waals surface area contributed by atoms with Gasteiger partial charge in [0, 0.05) is 25.2 Å². The van der Waals surface area contributed by atoms with E-state index in [4.69, 9.17) is 0 Å². The largest absolute Gasteiger partial charge is 0.338 e. The van der Waals surface area contributed by atoms with Gasteiger partial charge in [-0.25, -0.2) is 8.42 Å². The Morgan fingerprint density at radius 3 is 2.09 bits per heavy atom. The van der Waals surface area contributed by atoms with Gasteiger partial charge in [0.1, 0.15) is 0 Å². The second kappa shape index (κ2) is 5.91. The van der Waals surface area contributed by atoms with Crippen LogP contribution in [0.25, 0.3) is 0 Å². The SMILES string of the molecule is CN(C(=O)c1cc([N+](=O)[O-])cc([N+](=O)[O-])c1)C1CCS(=O)(=O)C1. The molecule has 23 heavy (non-hydrogen) atoms. The van der Waals surface area contributed by atoms with Crippen molar-refractivity contribution in [2.45, 2.75) is 12.5 Å². The van der Waals surface area contributed by atoms with Crippen LogP contribution in [-0.4, -0.2) is 53.7 Å². The van der Waals surface area contributed by atoms with Crippen molar-refractivity contribution in [2.24, 2.45) is 0 Å². The lowest BCUT2D eigenvalue weighted by molar-refractivity contribution is -0.394. The summed E-state index contributed by atoms with van der Waals surface area (Å²) in [4.78, 5) is 33.6. The normalized spacial score (nSPS) is 19.3. The van der Waals surface area contributed by atoms with Crippen LogP contribution < -0.4 is 0 Å². The molecular weight excluding hydrogens is 330 g/mol. The zero-order valence-electron chi connectivity index (χ0n) is 12.0. The van der Waals surface area contributed by atoms with Crippen LogP contribution in [0.3, 0.4) is 0 Å². The fraction of sp³-hybridized carbons (Fsp3) is 0.417. The van der Waals surface area contributed by atoms with Crippen molar-refractivity contribution >= 4 is 27.1 Å². The molecule has 1 aliphatic rings. The van der Waals surface area contributed by atoms with Gasteiger partial charge in [0.15, 0.2) is 9.84 Å². The Labute approximate surface area is 130 Å². The van der Waals surface area contributed by atoms with Crippen LogP contribution in [-0.2, 0) is 9.84 Å². The van der Waals surface area contributed by atoms with Gasteiger partial charge in [-0.05, 0) is 6.42 Å². The number of nitrogens with zero attached hydrogens (tertiary/aromatic N) is 3. The number of non-ortho nitro benzene ring substituents is 2. The predicted molar refractivity (Wildman–Crippen MR) is 78.9 cm³/mol. The van der Waals surface area contributed by atoms with Crippen LogP contribution >= 0.6 is 0 Å². The summed E-state index contributed by atoms with van der Waals surface area (Å²) < 4.78 is 22.9. The summed E-state index contributed by atoms with van der Waals surface area (Å²) in [5, 5.41) is 21.7. The maximum atomic E-state index is 12.4. The smallest absolute Gasteiger partial charge is 0.277 e. The molecule has 10 nitrogen and oxygen atoms in total. The Morgan fingerprint density at radius 1 is 1.17 bits per heavy atom. The third kappa shape index (κ3) is 3.62. The molecule has 1 amide bonds. The van der Waals surface area contributed by atoms with Crippen molar-refractivity contribution in [3.05, 3.63) is 44.0 Å². The maximum Gasteiger partial charge on any atom is 0.277 e. The van der Waals surface area contributed by atoms with Gasteiger partial charge in [0.2, 0.25) is 0 Å². The zero-order valence-corrected chi connectivity index (χ0v) is 12.9. The Hall–Kier alpha value is -2.56.